The Hall–Kier alpha value is -1.53. The molecule has 0 aromatic carbocycles. The van der Waals surface area contributed by atoms with Crippen molar-refractivity contribution in [2.75, 3.05) is 13.2 Å². The van der Waals surface area contributed by atoms with E-state index in [1.54, 1.807) is 6.92 Å². The summed E-state index contributed by atoms with van der Waals surface area (Å²) in [5, 5.41) is 20.7. The summed E-state index contributed by atoms with van der Waals surface area (Å²) in [6, 6.07) is 0. The monoisotopic (exact) mass is 634 g/mol. The molecule has 0 radical (unpaired) electrons. The fourth-order valence-corrected chi connectivity index (χ4v) is 6.58. The number of nitrogens with zero attached hydrogens (tertiary/aromatic N) is 4. The van der Waals surface area contributed by atoms with Gasteiger partial charge < -0.3 is 34.5 Å². The number of phosphoric acid groups is 3. The molecule has 19 nitrogen and oxygen atoms in total. The predicted molar refractivity (Wildman–Crippen MR) is 130 cm³/mol. The van der Waals surface area contributed by atoms with Crippen molar-refractivity contribution >= 4 is 40.4 Å². The molecular formula is C18H29N4O15P3. The van der Waals surface area contributed by atoms with Crippen LogP contribution in [-0.4, -0.2) is 92.7 Å². The lowest BCUT2D eigenvalue weighted by atomic mass is 9.86. The van der Waals surface area contributed by atoms with Gasteiger partial charge in [-0.3, -0.25) is 22.9 Å². The Balaban J connectivity index is 1.73. The van der Waals surface area contributed by atoms with Gasteiger partial charge in [0.05, 0.1) is 25.2 Å². The second kappa shape index (κ2) is 12.0. The highest BCUT2D eigenvalue weighted by molar-refractivity contribution is 7.61. The van der Waals surface area contributed by atoms with Crippen molar-refractivity contribution in [3.63, 3.8) is 0 Å². The largest absolute Gasteiger partial charge is 0.481 e. The molecule has 0 spiro atoms. The molecule has 226 valence electrons. The predicted octanol–water partition coefficient (Wildman–Crippen LogP) is 0.0976. The van der Waals surface area contributed by atoms with Crippen LogP contribution in [0.3, 0.4) is 0 Å². The fourth-order valence-electron chi connectivity index (χ4n) is 3.75. The van der Waals surface area contributed by atoms with Gasteiger partial charge in [-0.2, -0.15) is 4.31 Å². The van der Waals surface area contributed by atoms with Crippen LogP contribution in [-0.2, 0) is 41.1 Å². The van der Waals surface area contributed by atoms with Crippen molar-refractivity contribution < 1.29 is 70.9 Å². The number of aliphatic hydroxyl groups excluding tert-OH is 2. The van der Waals surface area contributed by atoms with Crippen molar-refractivity contribution in [1.29, 1.82) is 0 Å². The molecule has 6 N–H and O–H groups in total. The molecule has 1 aliphatic heterocycles. The van der Waals surface area contributed by atoms with E-state index in [0.29, 0.717) is 11.2 Å². The summed E-state index contributed by atoms with van der Waals surface area (Å²) in [5.41, 5.74) is -0.394. The van der Waals surface area contributed by atoms with E-state index in [1.807, 2.05) is 0 Å². The molecule has 2 aromatic heterocycles. The van der Waals surface area contributed by atoms with Gasteiger partial charge >= 0.3 is 23.5 Å². The first kappa shape index (κ1) is 33.0. The first-order valence-corrected chi connectivity index (χ1v) is 15.8. The lowest BCUT2D eigenvalue weighted by molar-refractivity contribution is -0.132. The average molecular weight is 634 g/mol. The van der Waals surface area contributed by atoms with Crippen LogP contribution >= 0.6 is 23.5 Å². The Bertz CT molecular complexity index is 1380. The summed E-state index contributed by atoms with van der Waals surface area (Å²) in [5.74, 6) is -0.658. The van der Waals surface area contributed by atoms with E-state index in [-0.39, 0.29) is 5.65 Å². The summed E-state index contributed by atoms with van der Waals surface area (Å²) in [6.45, 7) is 3.58. The number of Topliss-reactive ketones (excluding diaryl/α,β-unsaturated/α-hetero) is 1. The minimum absolute atomic E-state index is 0.181. The molecule has 0 amide bonds. The van der Waals surface area contributed by atoms with Crippen LogP contribution in [0.5, 0.6) is 0 Å². The SMILES string of the molecule is CC(=O)[C@H](O)C(C)(C)COP(=O)(O)OP(=O)(O)OC[C@H]1O[C@@H](n2cnc3c(C)ncnc32)[C@@H](O)C1OP(=O)(O)O. The van der Waals surface area contributed by atoms with Gasteiger partial charge in [0.2, 0.25) is 0 Å². The van der Waals surface area contributed by atoms with Gasteiger partial charge in [0.1, 0.15) is 36.3 Å². The van der Waals surface area contributed by atoms with E-state index in [0.717, 1.165) is 6.92 Å². The first-order valence-electron chi connectivity index (χ1n) is 11.3. The van der Waals surface area contributed by atoms with Crippen LogP contribution in [0.15, 0.2) is 12.7 Å². The lowest BCUT2D eigenvalue weighted by Crippen LogP contribution is -2.38. The van der Waals surface area contributed by atoms with Crippen LogP contribution in [0.2, 0.25) is 0 Å². The number of hydrogen-bond acceptors (Lipinski definition) is 14. The summed E-state index contributed by atoms with van der Waals surface area (Å²) in [7, 11) is -16.0. The van der Waals surface area contributed by atoms with Gasteiger partial charge in [-0.15, -0.1) is 0 Å². The van der Waals surface area contributed by atoms with Crippen LogP contribution in [0.25, 0.3) is 11.2 Å². The summed E-state index contributed by atoms with van der Waals surface area (Å²) < 4.78 is 61.2. The standard InChI is InChI=1S/C18H29N4O15P3/c1-9-12-16(20-7-19-9)22(8-21-12)17-13(24)14(36-38(26,27)28)11(35-17)5-33-39(29,30)37-40(31,32)34-6-18(3,4)15(25)10(2)23/h7-8,11,13-15,17,24-25H,5-6H2,1-4H3,(H,29,30)(H,31,32)(H2,26,27,28)/t11-,13+,14?,15+,17-/m1/s1. The number of aromatic nitrogens is 4. The van der Waals surface area contributed by atoms with E-state index in [9.17, 15) is 48.3 Å². The van der Waals surface area contributed by atoms with Gasteiger partial charge in [-0.05, 0) is 13.8 Å². The van der Waals surface area contributed by atoms with E-state index in [2.05, 4.69) is 32.8 Å². The number of hydrogen-bond donors (Lipinski definition) is 6. The zero-order valence-electron chi connectivity index (χ0n) is 21.4. The van der Waals surface area contributed by atoms with Gasteiger partial charge in [0, 0.05) is 5.41 Å². The molecule has 7 atom stereocenters. The minimum Gasteiger partial charge on any atom is -0.386 e. The van der Waals surface area contributed by atoms with E-state index in [4.69, 9.17) is 4.74 Å². The van der Waals surface area contributed by atoms with Gasteiger partial charge in [-0.1, -0.05) is 13.8 Å². The second-order valence-corrected chi connectivity index (χ2v) is 13.7. The maximum absolute atomic E-state index is 12.4. The van der Waals surface area contributed by atoms with Gasteiger partial charge in [0.25, 0.3) is 0 Å². The number of aliphatic hydroxyl groups is 2. The molecule has 0 aliphatic carbocycles. The normalized spacial score (nSPS) is 25.9. The number of rotatable bonds is 13. The van der Waals surface area contributed by atoms with E-state index in [1.165, 1.54) is 31.1 Å². The van der Waals surface area contributed by atoms with E-state index < -0.39 is 78.5 Å². The van der Waals surface area contributed by atoms with Gasteiger partial charge in [-0.25, -0.2) is 28.6 Å². The Morgan fingerprint density at radius 2 is 1.75 bits per heavy atom. The number of imidazole rings is 1. The number of aryl methyl sites for hydroxylation is 1. The minimum atomic E-state index is -5.43. The molecule has 1 fully saturated rings. The zero-order chi connectivity index (χ0) is 30.3. The van der Waals surface area contributed by atoms with Crippen molar-refractivity contribution in [3.8, 4) is 0 Å². The number of phosphoric ester groups is 3. The summed E-state index contributed by atoms with van der Waals surface area (Å²) in [6.07, 6.45) is -5.86. The quantitative estimate of drug-likeness (QED) is 0.159. The molecule has 3 rings (SSSR count). The Morgan fingerprint density at radius 3 is 2.35 bits per heavy atom. The molecule has 0 saturated carbocycles. The third kappa shape index (κ3) is 8.06. The maximum Gasteiger partial charge on any atom is 0.481 e. The summed E-state index contributed by atoms with van der Waals surface area (Å²) in [4.78, 5) is 62.0. The molecule has 1 aliphatic rings. The molecule has 22 heteroatoms. The van der Waals surface area contributed by atoms with Crippen molar-refractivity contribution in [1.82, 2.24) is 19.5 Å². The molecule has 1 saturated heterocycles. The third-order valence-corrected chi connectivity index (χ3v) is 8.82. The van der Waals surface area contributed by atoms with Crippen molar-refractivity contribution in [2.24, 2.45) is 5.41 Å². The molecule has 40 heavy (non-hydrogen) atoms. The number of ketones is 1. The Morgan fingerprint density at radius 1 is 1.12 bits per heavy atom. The average Bonchev–Trinajstić information content (AvgIpc) is 3.36. The molecule has 3 heterocycles. The van der Waals surface area contributed by atoms with Crippen LogP contribution in [0, 0.1) is 12.3 Å². The number of fused-ring (bicyclic) bond motifs is 1. The number of ether oxygens (including phenoxy) is 1. The summed E-state index contributed by atoms with van der Waals surface area (Å²) >= 11 is 0. The van der Waals surface area contributed by atoms with Gasteiger partial charge in [0.15, 0.2) is 17.7 Å². The lowest BCUT2D eigenvalue weighted by Gasteiger charge is -2.29. The molecular weight excluding hydrogens is 605 g/mol. The van der Waals surface area contributed by atoms with Crippen LogP contribution < -0.4 is 0 Å². The van der Waals surface area contributed by atoms with E-state index >= 15 is 0 Å². The highest BCUT2D eigenvalue weighted by atomic mass is 31.3. The molecule has 3 unspecified atom stereocenters. The second-order valence-electron chi connectivity index (χ2n) is 9.49. The van der Waals surface area contributed by atoms with Crippen molar-refractivity contribution in [3.05, 3.63) is 18.3 Å². The highest BCUT2D eigenvalue weighted by Crippen LogP contribution is 2.61. The molecule has 2 aromatic rings. The number of carbonyl (C=O) groups excluding carboxylic acids is 1. The smallest absolute Gasteiger partial charge is 0.386 e. The first-order chi connectivity index (χ1) is 18.2. The Labute approximate surface area is 226 Å². The van der Waals surface area contributed by atoms with Crippen LogP contribution in [0.1, 0.15) is 32.7 Å². The molecule has 0 bridgehead atoms. The maximum atomic E-state index is 12.4. The topological polar surface area (TPSA) is 279 Å². The van der Waals surface area contributed by atoms with Crippen molar-refractivity contribution in [2.45, 2.75) is 58.3 Å². The van der Waals surface area contributed by atoms with Crippen LogP contribution in [0.4, 0.5) is 0 Å². The number of carbonyl (C=O) groups is 1. The third-order valence-electron chi connectivity index (χ3n) is 5.72. The fraction of sp³-hybridized carbons (Fsp3) is 0.667. The Kier molecular flexibility index (Phi) is 9.89. The highest BCUT2D eigenvalue weighted by Gasteiger charge is 2.50. The zero-order valence-corrected chi connectivity index (χ0v) is 24.1.